The van der Waals surface area contributed by atoms with Gasteiger partial charge in [0.25, 0.3) is 0 Å². The number of hydrogen-bond donors (Lipinski definition) is 0. The Balaban J connectivity index is 1.47. The molecule has 1 aromatic carbocycles. The van der Waals surface area contributed by atoms with E-state index in [1.54, 1.807) is 34.9 Å². The smallest absolute Gasteiger partial charge is 0.437 e. The van der Waals surface area contributed by atoms with Gasteiger partial charge in [0.1, 0.15) is 19.2 Å². The minimum atomic E-state index is -0.747. The molecule has 0 aliphatic carbocycles. The van der Waals surface area contributed by atoms with Crippen LogP contribution >= 0.6 is 0 Å². The number of hydrogen-bond acceptors (Lipinski definition) is 6. The highest BCUT2D eigenvalue weighted by Crippen LogP contribution is 2.18. The van der Waals surface area contributed by atoms with E-state index in [1.807, 2.05) is 30.5 Å². The average Bonchev–Trinajstić information content (AvgIpc) is 3.27. The number of carbonyl (C=O) groups excluding carboxylic acids is 1. The molecule has 0 aliphatic heterocycles. The topological polar surface area (TPSA) is 103 Å². The zero-order chi connectivity index (χ0) is 19.5. The summed E-state index contributed by atoms with van der Waals surface area (Å²) in [5.74, 6) is -1.28. The van der Waals surface area contributed by atoms with Crippen molar-refractivity contribution in [3.63, 3.8) is 0 Å². The van der Waals surface area contributed by atoms with Crippen molar-refractivity contribution in [3.8, 4) is 17.5 Å². The number of ether oxygens (including phenoxy) is 1. The fraction of sp³-hybridized carbons (Fsp3) is 0.100. The molecule has 0 amide bonds. The van der Waals surface area contributed by atoms with Crippen molar-refractivity contribution in [1.29, 1.82) is 5.26 Å². The van der Waals surface area contributed by atoms with Crippen LogP contribution in [0.15, 0.2) is 70.1 Å². The lowest BCUT2D eigenvalue weighted by Crippen LogP contribution is -2.23. The van der Waals surface area contributed by atoms with E-state index in [-0.39, 0.29) is 19.0 Å². The summed E-state index contributed by atoms with van der Waals surface area (Å²) in [6, 6.07) is 16.5. The monoisotopic (exact) mass is 374 g/mol. The fourth-order valence-corrected chi connectivity index (χ4v) is 2.85. The van der Waals surface area contributed by atoms with E-state index in [0.717, 1.165) is 10.2 Å². The van der Waals surface area contributed by atoms with Gasteiger partial charge in [-0.2, -0.15) is 9.94 Å². The Morgan fingerprint density at radius 1 is 1.18 bits per heavy atom. The van der Waals surface area contributed by atoms with Gasteiger partial charge in [-0.3, -0.25) is 4.79 Å². The number of aromatic nitrogens is 3. The summed E-state index contributed by atoms with van der Waals surface area (Å²) in [5, 5.41) is 13.4. The van der Waals surface area contributed by atoms with Crippen molar-refractivity contribution in [2.24, 2.45) is 0 Å². The molecule has 28 heavy (non-hydrogen) atoms. The van der Waals surface area contributed by atoms with Gasteiger partial charge in [-0.1, -0.05) is 24.3 Å². The maximum Gasteiger partial charge on any atom is 0.437 e. The third-order valence-electron chi connectivity index (χ3n) is 4.17. The lowest BCUT2D eigenvalue weighted by atomic mass is 10.2. The number of benzene rings is 1. The van der Waals surface area contributed by atoms with Gasteiger partial charge < -0.3 is 13.6 Å². The molecule has 0 fully saturated rings. The summed E-state index contributed by atoms with van der Waals surface area (Å²) >= 11 is 0. The van der Waals surface area contributed by atoms with Gasteiger partial charge >= 0.3 is 11.7 Å². The summed E-state index contributed by atoms with van der Waals surface area (Å²) in [6.07, 6.45) is 3.54. The van der Waals surface area contributed by atoms with Crippen LogP contribution in [0.25, 0.3) is 17.0 Å². The van der Waals surface area contributed by atoms with Crippen LogP contribution in [0.4, 0.5) is 0 Å². The van der Waals surface area contributed by atoms with E-state index >= 15 is 0 Å². The van der Waals surface area contributed by atoms with Gasteiger partial charge in [-0.15, -0.1) is 5.10 Å². The predicted molar refractivity (Wildman–Crippen MR) is 98.1 cm³/mol. The van der Waals surface area contributed by atoms with E-state index in [1.165, 1.54) is 0 Å². The number of nitrogens with zero attached hydrogens (tertiary/aromatic N) is 4. The molecule has 0 saturated heterocycles. The van der Waals surface area contributed by atoms with Crippen molar-refractivity contribution < 1.29 is 13.9 Å². The normalized spacial score (nSPS) is 10.7. The Morgan fingerprint density at radius 2 is 1.96 bits per heavy atom. The molecule has 0 bridgehead atoms. The highest BCUT2D eigenvalue weighted by atomic mass is 16.5. The van der Waals surface area contributed by atoms with Gasteiger partial charge in [0.15, 0.2) is 0 Å². The Morgan fingerprint density at radius 3 is 2.75 bits per heavy atom. The lowest BCUT2D eigenvalue weighted by molar-refractivity contribution is -0.146. The van der Waals surface area contributed by atoms with E-state index in [4.69, 9.17) is 9.15 Å². The molecule has 0 spiro atoms. The first-order chi connectivity index (χ1) is 13.7. The maximum absolute atomic E-state index is 12.1. The minimum Gasteiger partial charge on any atom is -0.459 e. The molecule has 8 heteroatoms. The zero-order valence-electron chi connectivity index (χ0n) is 14.6. The van der Waals surface area contributed by atoms with Crippen molar-refractivity contribution in [3.05, 3.63) is 82.6 Å². The molecule has 4 rings (SSSR count). The molecular weight excluding hydrogens is 360 g/mol. The Bertz CT molecular complexity index is 1240. The van der Waals surface area contributed by atoms with Crippen LogP contribution in [-0.2, 0) is 22.7 Å². The van der Waals surface area contributed by atoms with Crippen LogP contribution in [0.5, 0.6) is 0 Å². The molecule has 0 N–H and O–H groups in total. The third kappa shape index (κ3) is 3.29. The number of pyridine rings is 1. The standard InChI is InChI=1S/C20H14N4O4/c21-10-16-15(11-23-9-5-4-8-17(16)23)13-27-18(25)12-24-20(26)28-19(22-24)14-6-2-1-3-7-14/h1-9,11H,12-13H2. The Labute approximate surface area is 158 Å². The van der Waals surface area contributed by atoms with E-state index in [9.17, 15) is 14.9 Å². The van der Waals surface area contributed by atoms with Gasteiger partial charge in [0.2, 0.25) is 5.89 Å². The molecule has 8 nitrogen and oxygen atoms in total. The molecule has 3 aromatic heterocycles. The first-order valence-electron chi connectivity index (χ1n) is 8.43. The van der Waals surface area contributed by atoms with Crippen molar-refractivity contribution in [1.82, 2.24) is 14.2 Å². The fourth-order valence-electron chi connectivity index (χ4n) is 2.85. The summed E-state index contributed by atoms with van der Waals surface area (Å²) < 4.78 is 13.0. The second-order valence-corrected chi connectivity index (χ2v) is 5.99. The van der Waals surface area contributed by atoms with Crippen molar-refractivity contribution in [2.75, 3.05) is 0 Å². The molecule has 0 saturated carbocycles. The van der Waals surface area contributed by atoms with Crippen LogP contribution in [-0.4, -0.2) is 20.2 Å². The second kappa shape index (κ2) is 7.25. The van der Waals surface area contributed by atoms with Crippen LogP contribution in [0.2, 0.25) is 0 Å². The third-order valence-corrected chi connectivity index (χ3v) is 4.17. The summed E-state index contributed by atoms with van der Waals surface area (Å²) in [6.45, 7) is -0.466. The molecular formula is C20H14N4O4. The lowest BCUT2D eigenvalue weighted by Gasteiger charge is -2.03. The van der Waals surface area contributed by atoms with E-state index in [2.05, 4.69) is 11.2 Å². The van der Waals surface area contributed by atoms with E-state index in [0.29, 0.717) is 16.7 Å². The molecule has 4 aromatic rings. The summed E-state index contributed by atoms with van der Waals surface area (Å²) in [7, 11) is 0. The molecule has 0 unspecified atom stereocenters. The van der Waals surface area contributed by atoms with Gasteiger partial charge in [0.05, 0.1) is 11.1 Å². The molecule has 0 aliphatic rings. The number of esters is 1. The Hall–Kier alpha value is -4.12. The SMILES string of the molecule is N#Cc1c(COC(=O)Cn2nc(-c3ccccc3)oc2=O)cn2ccccc12. The second-order valence-electron chi connectivity index (χ2n) is 5.99. The predicted octanol–water partition coefficient (Wildman–Crippen LogP) is 2.37. The minimum absolute atomic E-state index is 0.0818. The summed E-state index contributed by atoms with van der Waals surface area (Å²) in [4.78, 5) is 24.1. The molecule has 138 valence electrons. The first-order valence-corrected chi connectivity index (χ1v) is 8.43. The Kier molecular flexibility index (Phi) is 4.48. The van der Waals surface area contributed by atoms with E-state index < -0.39 is 11.7 Å². The van der Waals surface area contributed by atoms with Crippen molar-refractivity contribution >= 4 is 11.5 Å². The largest absolute Gasteiger partial charge is 0.459 e. The highest BCUT2D eigenvalue weighted by Gasteiger charge is 2.16. The number of fused-ring (bicyclic) bond motifs is 1. The van der Waals surface area contributed by atoms with Gasteiger partial charge in [-0.25, -0.2) is 4.79 Å². The first kappa shape index (κ1) is 17.3. The highest BCUT2D eigenvalue weighted by molar-refractivity contribution is 5.70. The quantitative estimate of drug-likeness (QED) is 0.497. The maximum atomic E-state index is 12.1. The number of carbonyl (C=O) groups is 1. The van der Waals surface area contributed by atoms with Crippen LogP contribution in [0, 0.1) is 11.3 Å². The number of nitriles is 1. The average molecular weight is 374 g/mol. The number of rotatable bonds is 5. The van der Waals surface area contributed by atoms with Gasteiger partial charge in [-0.05, 0) is 24.3 Å². The van der Waals surface area contributed by atoms with Crippen LogP contribution in [0.1, 0.15) is 11.1 Å². The summed E-state index contributed by atoms with van der Waals surface area (Å²) in [5.41, 5.74) is 2.39. The van der Waals surface area contributed by atoms with Gasteiger partial charge in [0, 0.05) is 23.5 Å². The molecule has 0 radical (unpaired) electrons. The molecule has 3 heterocycles. The van der Waals surface area contributed by atoms with Crippen molar-refractivity contribution in [2.45, 2.75) is 13.2 Å². The van der Waals surface area contributed by atoms with Crippen LogP contribution < -0.4 is 5.76 Å². The molecule has 0 atom stereocenters. The zero-order valence-corrected chi connectivity index (χ0v) is 14.6. The van der Waals surface area contributed by atoms with Crippen LogP contribution in [0.3, 0.4) is 0 Å².